The van der Waals surface area contributed by atoms with E-state index in [4.69, 9.17) is 11.5 Å². The molecule has 2 saturated heterocycles. The van der Waals surface area contributed by atoms with Gasteiger partial charge in [-0.25, -0.2) is 9.59 Å². The van der Waals surface area contributed by atoms with Gasteiger partial charge in [0.05, 0.1) is 11.2 Å². The van der Waals surface area contributed by atoms with Crippen LogP contribution in [0.25, 0.3) is 5.69 Å². The van der Waals surface area contributed by atoms with Gasteiger partial charge < -0.3 is 26.2 Å². The summed E-state index contributed by atoms with van der Waals surface area (Å²) >= 11 is 0. The Morgan fingerprint density at radius 3 is 2.26 bits per heavy atom. The fourth-order valence-corrected chi connectivity index (χ4v) is 5.55. The molecule has 11 heteroatoms. The number of carbonyl (C=O) groups excluding carboxylic acids is 2. The molecule has 1 saturated carbocycles. The molecule has 1 aliphatic carbocycles. The predicted octanol–water partition coefficient (Wildman–Crippen LogP) is 0.467. The summed E-state index contributed by atoms with van der Waals surface area (Å²) in [7, 11) is 0. The van der Waals surface area contributed by atoms with Gasteiger partial charge in [-0.3, -0.25) is 14.7 Å². The molecule has 2 aliphatic heterocycles. The molecule has 1 aromatic heterocycles. The number of piperidine rings is 1. The van der Waals surface area contributed by atoms with Crippen LogP contribution in [0.1, 0.15) is 25.8 Å². The first kappa shape index (κ1) is 26.3. The zero-order valence-corrected chi connectivity index (χ0v) is 22.2. The van der Waals surface area contributed by atoms with Crippen LogP contribution in [0.15, 0.2) is 41.3 Å². The average molecular weight is 523 g/mol. The molecule has 5 N–H and O–H groups in total. The third-order valence-corrected chi connectivity index (χ3v) is 7.93. The molecular weight excluding hydrogens is 484 g/mol. The van der Waals surface area contributed by atoms with Crippen LogP contribution in [0.2, 0.25) is 0 Å². The number of carbonyl (C=O) groups is 2. The normalized spacial score (nSPS) is 23.3. The third-order valence-electron chi connectivity index (χ3n) is 7.93. The zero-order chi connectivity index (χ0) is 27.0. The summed E-state index contributed by atoms with van der Waals surface area (Å²) in [5, 5.41) is 2.69. The van der Waals surface area contributed by atoms with E-state index in [2.05, 4.69) is 15.2 Å². The van der Waals surface area contributed by atoms with Crippen LogP contribution < -0.4 is 22.5 Å². The van der Waals surface area contributed by atoms with Crippen molar-refractivity contribution in [3.05, 3.63) is 52.6 Å². The SMILES string of the molecule is CC(C)(N)C(=O)N1CCN(C(=O)Nc2ccn(-c3ccc(CCCN4CC5C(N)C5C4)cc3)c(=O)n2)CC1. The van der Waals surface area contributed by atoms with Crippen LogP contribution in [0.4, 0.5) is 10.6 Å². The van der Waals surface area contributed by atoms with Gasteiger partial charge in [0, 0.05) is 51.5 Å². The Balaban J connectivity index is 1.10. The lowest BCUT2D eigenvalue weighted by atomic mass is 10.1. The molecule has 2 unspecified atom stereocenters. The summed E-state index contributed by atoms with van der Waals surface area (Å²) in [5.41, 5.74) is 12.5. The number of likely N-dealkylation sites (tertiary alicyclic amines) is 1. The summed E-state index contributed by atoms with van der Waals surface area (Å²) in [6.07, 6.45) is 3.70. The van der Waals surface area contributed by atoms with Crippen LogP contribution in [0.5, 0.6) is 0 Å². The van der Waals surface area contributed by atoms with E-state index in [-0.39, 0.29) is 17.8 Å². The highest BCUT2D eigenvalue weighted by Gasteiger charge is 2.53. The molecule has 204 valence electrons. The van der Waals surface area contributed by atoms with Crippen LogP contribution in [0.3, 0.4) is 0 Å². The van der Waals surface area contributed by atoms with Crippen LogP contribution >= 0.6 is 0 Å². The molecular formula is C27H38N8O3. The second-order valence-electron chi connectivity index (χ2n) is 11.3. The summed E-state index contributed by atoms with van der Waals surface area (Å²) in [6, 6.07) is 9.62. The van der Waals surface area contributed by atoms with Crippen molar-refractivity contribution in [1.82, 2.24) is 24.3 Å². The highest BCUT2D eigenvalue weighted by Crippen LogP contribution is 2.43. The van der Waals surface area contributed by atoms with Gasteiger partial charge in [-0.15, -0.1) is 0 Å². The molecule has 38 heavy (non-hydrogen) atoms. The first-order valence-corrected chi connectivity index (χ1v) is 13.4. The minimum atomic E-state index is -0.943. The molecule has 1 aromatic carbocycles. The fourth-order valence-electron chi connectivity index (χ4n) is 5.55. The number of aromatic nitrogens is 2. The van der Waals surface area contributed by atoms with Crippen molar-refractivity contribution in [2.75, 3.05) is 51.1 Å². The van der Waals surface area contributed by atoms with Crippen LogP contribution in [-0.4, -0.2) is 93.6 Å². The molecule has 3 heterocycles. The summed E-state index contributed by atoms with van der Waals surface area (Å²) in [4.78, 5) is 47.5. The van der Waals surface area contributed by atoms with Crippen LogP contribution in [-0.2, 0) is 11.2 Å². The summed E-state index contributed by atoms with van der Waals surface area (Å²) in [5.74, 6) is 1.49. The Labute approximate surface area is 222 Å². The van der Waals surface area contributed by atoms with E-state index in [0.29, 0.717) is 32.2 Å². The Morgan fingerprint density at radius 1 is 1.03 bits per heavy atom. The topological polar surface area (TPSA) is 143 Å². The molecule has 3 amide bonds. The maximum absolute atomic E-state index is 12.7. The van der Waals surface area contributed by atoms with Gasteiger partial charge in [0.25, 0.3) is 0 Å². The molecule has 0 radical (unpaired) electrons. The Bertz CT molecular complexity index is 1220. The van der Waals surface area contributed by atoms with Gasteiger partial charge in [-0.05, 0) is 68.8 Å². The Hall–Kier alpha value is -3.28. The van der Waals surface area contributed by atoms with E-state index < -0.39 is 11.2 Å². The molecule has 2 aromatic rings. The largest absolute Gasteiger partial charge is 0.354 e. The van der Waals surface area contributed by atoms with Gasteiger partial charge >= 0.3 is 11.7 Å². The molecule has 2 atom stereocenters. The number of hydrogen-bond donors (Lipinski definition) is 3. The Morgan fingerprint density at radius 2 is 1.66 bits per heavy atom. The van der Waals surface area contributed by atoms with Crippen molar-refractivity contribution in [2.45, 2.75) is 38.3 Å². The maximum atomic E-state index is 12.7. The van der Waals surface area contributed by atoms with Gasteiger partial charge in [0.15, 0.2) is 0 Å². The number of urea groups is 1. The first-order chi connectivity index (χ1) is 18.1. The minimum absolute atomic E-state index is 0.139. The van der Waals surface area contributed by atoms with Gasteiger partial charge in [0.2, 0.25) is 5.91 Å². The summed E-state index contributed by atoms with van der Waals surface area (Å²) < 4.78 is 1.46. The number of fused-ring (bicyclic) bond motifs is 1. The lowest BCUT2D eigenvalue weighted by Gasteiger charge is -2.37. The highest BCUT2D eigenvalue weighted by atomic mass is 16.2. The number of nitrogens with one attached hydrogen (secondary N) is 1. The van der Waals surface area contributed by atoms with Crippen molar-refractivity contribution in [1.29, 1.82) is 0 Å². The second kappa shape index (κ2) is 10.5. The van der Waals surface area contributed by atoms with E-state index in [1.807, 2.05) is 24.3 Å². The quantitative estimate of drug-likeness (QED) is 0.480. The number of aryl methyl sites for hydroxylation is 1. The van der Waals surface area contributed by atoms with Gasteiger partial charge in [0.1, 0.15) is 5.82 Å². The monoisotopic (exact) mass is 522 g/mol. The van der Waals surface area contributed by atoms with E-state index in [1.165, 1.54) is 10.1 Å². The number of nitrogens with zero attached hydrogens (tertiary/aromatic N) is 5. The number of benzene rings is 1. The molecule has 5 rings (SSSR count). The van der Waals surface area contributed by atoms with Crippen molar-refractivity contribution < 1.29 is 9.59 Å². The van der Waals surface area contributed by atoms with Crippen LogP contribution in [0, 0.1) is 11.8 Å². The van der Waals surface area contributed by atoms with E-state index in [0.717, 1.165) is 50.0 Å². The van der Waals surface area contributed by atoms with Gasteiger partial charge in [-0.1, -0.05) is 12.1 Å². The van der Waals surface area contributed by atoms with Crippen molar-refractivity contribution >= 4 is 17.8 Å². The number of nitrogens with two attached hydrogens (primary N) is 2. The first-order valence-electron chi connectivity index (χ1n) is 13.4. The smallest absolute Gasteiger partial charge is 0.338 e. The molecule has 0 bridgehead atoms. The number of rotatable bonds is 7. The zero-order valence-electron chi connectivity index (χ0n) is 22.2. The molecule has 11 nitrogen and oxygen atoms in total. The maximum Gasteiger partial charge on any atom is 0.354 e. The summed E-state index contributed by atoms with van der Waals surface area (Å²) in [6.45, 7) is 8.30. The van der Waals surface area contributed by atoms with E-state index in [9.17, 15) is 14.4 Å². The second-order valence-corrected chi connectivity index (χ2v) is 11.3. The third kappa shape index (κ3) is 5.74. The van der Waals surface area contributed by atoms with Crippen molar-refractivity contribution in [3.8, 4) is 5.69 Å². The highest BCUT2D eigenvalue weighted by molar-refractivity contribution is 5.89. The molecule has 3 aliphatic rings. The average Bonchev–Trinajstić information content (AvgIpc) is 3.28. The van der Waals surface area contributed by atoms with Crippen molar-refractivity contribution in [2.24, 2.45) is 23.3 Å². The molecule has 0 spiro atoms. The molecule has 3 fully saturated rings. The van der Waals surface area contributed by atoms with E-state index >= 15 is 0 Å². The number of anilines is 1. The predicted molar refractivity (Wildman–Crippen MR) is 145 cm³/mol. The standard InChI is InChI=1S/C27H38N8O3/c1-27(2,29)24(36)33-12-14-34(15-13-33)25(37)30-22-9-11-35(26(38)31-22)19-7-5-18(6-8-19)4-3-10-32-16-20-21(17-32)23(20)28/h5-9,11,20-21,23H,3-4,10,12-17,28-29H2,1-2H3,(H,30,31,37,38). The Kier molecular flexibility index (Phi) is 7.26. The lowest BCUT2D eigenvalue weighted by Crippen LogP contribution is -2.58. The fraction of sp³-hybridized carbons (Fsp3) is 0.556. The van der Waals surface area contributed by atoms with Gasteiger partial charge in [-0.2, -0.15) is 4.98 Å². The number of hydrogen-bond acceptors (Lipinski definition) is 7. The minimum Gasteiger partial charge on any atom is -0.338 e. The number of piperazine rings is 1. The van der Waals surface area contributed by atoms with Crippen molar-refractivity contribution in [3.63, 3.8) is 0 Å². The van der Waals surface area contributed by atoms with E-state index in [1.54, 1.807) is 35.9 Å². The number of amides is 3. The lowest BCUT2D eigenvalue weighted by molar-refractivity contribution is -0.137.